The van der Waals surface area contributed by atoms with E-state index in [1.807, 2.05) is 0 Å². The fourth-order valence-electron chi connectivity index (χ4n) is 2.96. The van der Waals surface area contributed by atoms with E-state index in [9.17, 15) is 22.4 Å². The summed E-state index contributed by atoms with van der Waals surface area (Å²) in [5.41, 5.74) is 0.0943. The number of pyridine rings is 1. The van der Waals surface area contributed by atoms with Crippen LogP contribution in [0, 0.1) is 5.82 Å². The van der Waals surface area contributed by atoms with Gasteiger partial charge in [-0.1, -0.05) is 18.2 Å². The third-order valence-corrected chi connectivity index (χ3v) is 6.42. The molecule has 0 aliphatic carbocycles. The monoisotopic (exact) mass is 364 g/mol. The number of carbonyl (C=O) groups excluding carboxylic acids is 1. The largest absolute Gasteiger partial charge is 0.338 e. The minimum absolute atomic E-state index is 0.0330. The summed E-state index contributed by atoms with van der Waals surface area (Å²) in [7, 11) is -3.58. The Kier molecular flexibility index (Phi) is 4.71. The van der Waals surface area contributed by atoms with Gasteiger partial charge in [0.15, 0.2) is 9.84 Å². The van der Waals surface area contributed by atoms with Gasteiger partial charge in [-0.15, -0.1) is 0 Å². The molecule has 2 aromatic rings. The molecule has 3 rings (SSSR count). The van der Waals surface area contributed by atoms with Crippen LogP contribution in [0.5, 0.6) is 0 Å². The highest BCUT2D eigenvalue weighted by molar-refractivity contribution is 7.91. The molecule has 0 saturated carbocycles. The van der Waals surface area contributed by atoms with Gasteiger partial charge < -0.3 is 9.88 Å². The maximum Gasteiger partial charge on any atom is 0.255 e. The molecule has 0 radical (unpaired) electrons. The molecule has 1 atom stereocenters. The molecule has 2 heterocycles. The number of aromatic amines is 1. The Bertz CT molecular complexity index is 935. The molecule has 1 aromatic carbocycles. The quantitative estimate of drug-likeness (QED) is 0.875. The molecule has 1 amide bonds. The molecular formula is C17H17FN2O4S. The predicted molar refractivity (Wildman–Crippen MR) is 90.5 cm³/mol. The van der Waals surface area contributed by atoms with Crippen LogP contribution in [0.15, 0.2) is 47.4 Å². The van der Waals surface area contributed by atoms with Crippen molar-refractivity contribution in [2.75, 3.05) is 18.8 Å². The van der Waals surface area contributed by atoms with E-state index < -0.39 is 20.9 Å². The van der Waals surface area contributed by atoms with Gasteiger partial charge >= 0.3 is 0 Å². The number of hydrogen-bond donors (Lipinski definition) is 1. The summed E-state index contributed by atoms with van der Waals surface area (Å²) in [6.07, 6.45) is 1.43. The maximum absolute atomic E-state index is 14.0. The summed E-state index contributed by atoms with van der Waals surface area (Å²) in [6.45, 7) is 0.224. The third-order valence-electron chi connectivity index (χ3n) is 4.31. The molecular weight excluding hydrogens is 347 g/mol. The van der Waals surface area contributed by atoms with Gasteiger partial charge in [-0.3, -0.25) is 9.59 Å². The first kappa shape index (κ1) is 17.3. The number of nitrogens with one attached hydrogen (secondary N) is 1. The molecule has 1 fully saturated rings. The van der Waals surface area contributed by atoms with Crippen molar-refractivity contribution in [1.29, 1.82) is 0 Å². The average Bonchev–Trinajstić information content (AvgIpc) is 2.74. The number of benzene rings is 1. The van der Waals surface area contributed by atoms with E-state index in [2.05, 4.69) is 4.98 Å². The number of nitrogens with zero attached hydrogens (tertiary/aromatic N) is 1. The van der Waals surface area contributed by atoms with Crippen LogP contribution in [0.25, 0.3) is 0 Å². The van der Waals surface area contributed by atoms with Gasteiger partial charge in [0.2, 0.25) is 5.56 Å². The lowest BCUT2D eigenvalue weighted by Gasteiger charge is -2.20. The first-order valence-corrected chi connectivity index (χ1v) is 9.54. The highest BCUT2D eigenvalue weighted by atomic mass is 32.2. The molecule has 8 heteroatoms. The number of hydrogen-bond acceptors (Lipinski definition) is 4. The Morgan fingerprint density at radius 3 is 2.60 bits per heavy atom. The summed E-state index contributed by atoms with van der Waals surface area (Å²) in [4.78, 5) is 27.5. The van der Waals surface area contributed by atoms with Gasteiger partial charge in [-0.25, -0.2) is 12.8 Å². The van der Waals surface area contributed by atoms with E-state index in [1.54, 1.807) is 6.07 Å². The Morgan fingerprint density at radius 1 is 1.16 bits per heavy atom. The van der Waals surface area contributed by atoms with Crippen molar-refractivity contribution in [1.82, 2.24) is 9.88 Å². The van der Waals surface area contributed by atoms with E-state index in [0.29, 0.717) is 0 Å². The second-order valence-corrected chi connectivity index (χ2v) is 8.20. The lowest BCUT2D eigenvalue weighted by molar-refractivity contribution is 0.0766. The minimum Gasteiger partial charge on any atom is -0.338 e. The Hall–Kier alpha value is -2.48. The first-order chi connectivity index (χ1) is 11.9. The highest BCUT2D eigenvalue weighted by Crippen LogP contribution is 2.31. The van der Waals surface area contributed by atoms with Gasteiger partial charge in [0, 0.05) is 30.9 Å². The van der Waals surface area contributed by atoms with Crippen molar-refractivity contribution >= 4 is 15.7 Å². The van der Waals surface area contributed by atoms with Crippen LogP contribution in [0.3, 0.4) is 0 Å². The summed E-state index contributed by atoms with van der Waals surface area (Å²) >= 11 is 0. The third kappa shape index (κ3) is 3.63. The number of carbonyl (C=O) groups is 1. The lowest BCUT2D eigenvalue weighted by Crippen LogP contribution is -2.33. The van der Waals surface area contributed by atoms with E-state index in [0.717, 1.165) is 0 Å². The van der Waals surface area contributed by atoms with Gasteiger partial charge in [0.05, 0.1) is 16.6 Å². The van der Waals surface area contributed by atoms with E-state index in [-0.39, 0.29) is 47.9 Å². The summed E-state index contributed by atoms with van der Waals surface area (Å²) in [5.74, 6) is -1.15. The van der Waals surface area contributed by atoms with Gasteiger partial charge in [-0.2, -0.15) is 0 Å². The van der Waals surface area contributed by atoms with Gasteiger partial charge in [0.25, 0.3) is 5.91 Å². The highest BCUT2D eigenvalue weighted by Gasteiger charge is 2.34. The summed E-state index contributed by atoms with van der Waals surface area (Å²) < 4.78 is 39.1. The Balaban J connectivity index is 1.85. The predicted octanol–water partition coefficient (Wildman–Crippen LogP) is 1.52. The van der Waals surface area contributed by atoms with Crippen LogP contribution >= 0.6 is 0 Å². The van der Waals surface area contributed by atoms with Gasteiger partial charge in [0.1, 0.15) is 5.82 Å². The van der Waals surface area contributed by atoms with Crippen molar-refractivity contribution in [2.45, 2.75) is 11.7 Å². The number of sulfone groups is 1. The van der Waals surface area contributed by atoms with Crippen molar-refractivity contribution in [3.63, 3.8) is 0 Å². The topological polar surface area (TPSA) is 87.3 Å². The Labute approximate surface area is 144 Å². The zero-order chi connectivity index (χ0) is 18.0. The summed E-state index contributed by atoms with van der Waals surface area (Å²) in [5, 5.41) is -0.970. The number of H-pyrrole nitrogens is 1. The van der Waals surface area contributed by atoms with Crippen molar-refractivity contribution < 1.29 is 17.6 Å². The van der Waals surface area contributed by atoms with E-state index in [4.69, 9.17) is 0 Å². The molecule has 25 heavy (non-hydrogen) atoms. The molecule has 1 aromatic heterocycles. The van der Waals surface area contributed by atoms with Crippen LogP contribution in [-0.4, -0.2) is 43.1 Å². The number of amides is 1. The van der Waals surface area contributed by atoms with Crippen molar-refractivity contribution in [3.8, 4) is 0 Å². The van der Waals surface area contributed by atoms with Crippen LogP contribution < -0.4 is 5.56 Å². The average molecular weight is 364 g/mol. The molecule has 1 aliphatic heterocycles. The lowest BCUT2D eigenvalue weighted by atomic mass is 10.1. The molecule has 132 valence electrons. The fraction of sp³-hybridized carbons (Fsp3) is 0.294. The molecule has 1 N–H and O–H groups in total. The van der Waals surface area contributed by atoms with Gasteiger partial charge in [-0.05, 0) is 18.6 Å². The fourth-order valence-corrected chi connectivity index (χ4v) is 4.76. The number of rotatable bonds is 2. The van der Waals surface area contributed by atoms with Crippen LogP contribution in [0.1, 0.15) is 27.6 Å². The molecule has 0 bridgehead atoms. The number of halogens is 1. The second-order valence-electron chi connectivity index (χ2n) is 5.90. The molecule has 1 saturated heterocycles. The SMILES string of the molecule is O=C(c1ccc(=O)[nH]c1)N1CCC(c2ccccc2F)S(=O)(=O)CC1. The van der Waals surface area contributed by atoms with Crippen LogP contribution in [0.4, 0.5) is 4.39 Å². The summed E-state index contributed by atoms with van der Waals surface area (Å²) in [6, 6.07) is 8.45. The van der Waals surface area contributed by atoms with Crippen molar-refractivity contribution in [2.24, 2.45) is 0 Å². The zero-order valence-electron chi connectivity index (χ0n) is 13.3. The van der Waals surface area contributed by atoms with Crippen LogP contribution in [-0.2, 0) is 9.84 Å². The smallest absolute Gasteiger partial charge is 0.255 e. The van der Waals surface area contributed by atoms with E-state index >= 15 is 0 Å². The van der Waals surface area contributed by atoms with E-state index in [1.165, 1.54) is 41.4 Å². The normalized spacial score (nSPS) is 20.0. The Morgan fingerprint density at radius 2 is 1.92 bits per heavy atom. The molecule has 1 unspecified atom stereocenters. The first-order valence-electron chi connectivity index (χ1n) is 7.82. The standard InChI is InChI=1S/C17H17FN2O4S/c18-14-4-2-1-3-13(14)15-7-8-20(9-10-25(15,23)24)17(22)12-5-6-16(21)19-11-12/h1-6,11,15H,7-10H2,(H,19,21). The molecule has 0 spiro atoms. The van der Waals surface area contributed by atoms with Crippen LogP contribution in [0.2, 0.25) is 0 Å². The zero-order valence-corrected chi connectivity index (χ0v) is 14.1. The minimum atomic E-state index is -3.58. The molecule has 1 aliphatic rings. The second kappa shape index (κ2) is 6.79. The van der Waals surface area contributed by atoms with Crippen molar-refractivity contribution in [3.05, 3.63) is 69.9 Å². The number of aromatic nitrogens is 1. The molecule has 6 nitrogen and oxygen atoms in total. The maximum atomic E-state index is 14.0.